The predicted octanol–water partition coefficient (Wildman–Crippen LogP) is -0.874. The van der Waals surface area contributed by atoms with Crippen LogP contribution in [0.2, 0.25) is 0 Å². The smallest absolute Gasteiger partial charge is 0.106 e. The molecule has 0 aliphatic carbocycles. The summed E-state index contributed by atoms with van der Waals surface area (Å²) in [4.78, 5) is 41.3. The van der Waals surface area contributed by atoms with Gasteiger partial charge in [0.1, 0.15) is 27.2 Å². The zero-order valence-electron chi connectivity index (χ0n) is 8.27. The average molecular weight is 266 g/mol. The van der Waals surface area contributed by atoms with E-state index in [1.165, 1.54) is 0 Å². The first-order valence-corrected chi connectivity index (χ1v) is 3.03. The van der Waals surface area contributed by atoms with Crippen LogP contribution in [0.25, 0.3) is 0 Å². The third-order valence-electron chi connectivity index (χ3n) is 0.437. The van der Waals surface area contributed by atoms with Gasteiger partial charge in [0, 0.05) is 23.4 Å². The van der Waals surface area contributed by atoms with Crippen LogP contribution in [0.15, 0.2) is 0 Å². The molecule has 0 aromatic carbocycles. The zero-order valence-corrected chi connectivity index (χ0v) is 9.31. The van der Waals surface area contributed by atoms with Crippen molar-refractivity contribution in [1.82, 2.24) is 0 Å². The number of unbranched alkanes of at least 4 members (excludes halogenated alkanes) is 1. The molecule has 0 aliphatic rings. The van der Waals surface area contributed by atoms with E-state index in [1.54, 1.807) is 6.29 Å². The van der Waals surface area contributed by atoms with Crippen molar-refractivity contribution in [2.75, 3.05) is 6.61 Å². The van der Waals surface area contributed by atoms with Crippen LogP contribution >= 0.6 is 0 Å². The molecule has 6 nitrogen and oxygen atoms in total. The molecule has 0 aliphatic heterocycles. The summed E-state index contributed by atoms with van der Waals surface area (Å²) in [7, 11) is 0. The molecule has 0 heterocycles. The van der Waals surface area contributed by atoms with Gasteiger partial charge in [0.25, 0.3) is 0 Å². The molecule has 0 aromatic rings. The van der Waals surface area contributed by atoms with Crippen molar-refractivity contribution >= 4 is 33.4 Å². The van der Waals surface area contributed by atoms with Crippen LogP contribution in [-0.4, -0.2) is 45.2 Å². The molecule has 0 rings (SSSR count). The Bertz CT molecular complexity index is 75.5. The van der Waals surface area contributed by atoms with Crippen molar-refractivity contribution in [1.29, 1.82) is 0 Å². The molecular formula is C8H15CoO6-. The normalized spacial score (nSPS) is 4.33. The summed E-state index contributed by atoms with van der Waals surface area (Å²) in [6, 6.07) is 0. The van der Waals surface area contributed by atoms with Gasteiger partial charge in [-0.25, -0.2) is 0 Å². The Morgan fingerprint density at radius 1 is 0.867 bits per heavy atom. The molecule has 0 amide bonds. The van der Waals surface area contributed by atoms with Gasteiger partial charge in [-0.1, -0.05) is 6.42 Å². The number of hydrogen-bond donors (Lipinski definition) is 1. The summed E-state index contributed by atoms with van der Waals surface area (Å²) in [5.41, 5.74) is 0. The summed E-state index contributed by atoms with van der Waals surface area (Å²) < 4.78 is 0. The number of aliphatic hydroxyl groups excluding tert-OH is 1. The topological polar surface area (TPSA) is 106 Å². The molecule has 0 saturated carbocycles. The van der Waals surface area contributed by atoms with Gasteiger partial charge in [0.15, 0.2) is 0 Å². The van der Waals surface area contributed by atoms with E-state index in [9.17, 15) is 4.79 Å². The van der Waals surface area contributed by atoms with Crippen molar-refractivity contribution in [3.8, 4) is 0 Å². The Morgan fingerprint density at radius 2 is 1.13 bits per heavy atom. The SMILES string of the molecule is C=O.C=O.C=O.C=O.O=[C-]CCCO.[Co]. The number of carbonyl (C=O) groups excluding carboxylic acids is 5. The van der Waals surface area contributed by atoms with Crippen molar-refractivity contribution in [2.45, 2.75) is 12.8 Å². The van der Waals surface area contributed by atoms with Gasteiger partial charge >= 0.3 is 0 Å². The maximum atomic E-state index is 9.33. The Labute approximate surface area is 99.2 Å². The van der Waals surface area contributed by atoms with Crippen molar-refractivity contribution in [3.05, 3.63) is 0 Å². The number of rotatable bonds is 3. The molecule has 0 saturated heterocycles. The van der Waals surface area contributed by atoms with Crippen molar-refractivity contribution in [3.63, 3.8) is 0 Å². The summed E-state index contributed by atoms with van der Waals surface area (Å²) in [6.45, 7) is 8.09. The summed E-state index contributed by atoms with van der Waals surface area (Å²) in [5, 5.41) is 8.02. The maximum absolute atomic E-state index is 9.33. The van der Waals surface area contributed by atoms with Crippen LogP contribution < -0.4 is 0 Å². The molecular weight excluding hydrogens is 251 g/mol. The molecule has 1 radical (unpaired) electrons. The quantitative estimate of drug-likeness (QED) is 0.525. The zero-order chi connectivity index (χ0) is 12.8. The fourth-order valence-corrected chi connectivity index (χ4v) is 0.151. The second-order valence-corrected chi connectivity index (χ2v) is 0.971. The number of aliphatic hydroxyl groups is 1. The van der Waals surface area contributed by atoms with Crippen LogP contribution in [-0.2, 0) is 40.8 Å². The molecule has 0 fully saturated rings. The van der Waals surface area contributed by atoms with Crippen LogP contribution in [0.3, 0.4) is 0 Å². The van der Waals surface area contributed by atoms with E-state index >= 15 is 0 Å². The van der Waals surface area contributed by atoms with Gasteiger partial charge in [-0.05, 0) is 0 Å². The first-order valence-electron chi connectivity index (χ1n) is 3.03. The van der Waals surface area contributed by atoms with E-state index in [0.717, 1.165) is 0 Å². The van der Waals surface area contributed by atoms with Gasteiger partial charge < -0.3 is 29.1 Å². The Morgan fingerprint density at radius 3 is 1.20 bits per heavy atom. The molecule has 0 aromatic heterocycles. The molecule has 15 heavy (non-hydrogen) atoms. The van der Waals surface area contributed by atoms with Crippen molar-refractivity contribution < 1.29 is 45.9 Å². The third kappa shape index (κ3) is 454. The first kappa shape index (κ1) is 37.1. The standard InChI is InChI=1S/C4H7O2.4CH2O.Co/c5-3-1-2-4-6;4*1-2;/h5H,1-3H2;4*1H2;/q-1;;;;;. The van der Waals surface area contributed by atoms with Gasteiger partial charge in [-0.2, -0.15) is 6.42 Å². The molecule has 93 valence electrons. The molecule has 1 N–H and O–H groups in total. The Balaban J connectivity index is -0.0000000194. The van der Waals surface area contributed by atoms with Crippen LogP contribution in [0.5, 0.6) is 0 Å². The molecule has 7 heteroatoms. The minimum absolute atomic E-state index is 0. The monoisotopic (exact) mass is 266 g/mol. The predicted molar refractivity (Wildman–Crippen MR) is 50.5 cm³/mol. The minimum Gasteiger partial charge on any atom is -0.542 e. The fourth-order valence-electron chi connectivity index (χ4n) is 0.151. The van der Waals surface area contributed by atoms with Crippen LogP contribution in [0.4, 0.5) is 0 Å². The van der Waals surface area contributed by atoms with E-state index in [-0.39, 0.29) is 23.4 Å². The van der Waals surface area contributed by atoms with E-state index in [4.69, 9.17) is 24.3 Å². The number of hydrogen-bond acceptors (Lipinski definition) is 6. The Kier molecular flexibility index (Phi) is 559. The first-order chi connectivity index (χ1) is 6.91. The molecule has 0 atom stereocenters. The fraction of sp³-hybridized carbons (Fsp3) is 0.375. The van der Waals surface area contributed by atoms with E-state index in [2.05, 4.69) is 0 Å². The van der Waals surface area contributed by atoms with Gasteiger partial charge in [-0.3, -0.25) is 6.29 Å². The summed E-state index contributed by atoms with van der Waals surface area (Å²) >= 11 is 0. The Hall–Kier alpha value is -1.18. The number of carbonyl (C=O) groups is 4. The van der Waals surface area contributed by atoms with E-state index in [0.29, 0.717) is 12.8 Å². The summed E-state index contributed by atoms with van der Waals surface area (Å²) in [5.74, 6) is 0. The molecule has 0 bridgehead atoms. The van der Waals surface area contributed by atoms with Gasteiger partial charge in [0.05, 0.1) is 0 Å². The van der Waals surface area contributed by atoms with Crippen LogP contribution in [0, 0.1) is 0 Å². The minimum atomic E-state index is 0. The van der Waals surface area contributed by atoms with E-state index in [1.807, 2.05) is 27.2 Å². The second kappa shape index (κ2) is 226. The third-order valence-corrected chi connectivity index (χ3v) is 0.437. The molecule has 0 spiro atoms. The summed E-state index contributed by atoms with van der Waals surface area (Å²) in [6.07, 6.45) is 2.56. The van der Waals surface area contributed by atoms with Gasteiger partial charge in [0.2, 0.25) is 0 Å². The molecule has 0 unspecified atom stereocenters. The van der Waals surface area contributed by atoms with Gasteiger partial charge in [-0.15, -0.1) is 0 Å². The van der Waals surface area contributed by atoms with Crippen molar-refractivity contribution in [2.24, 2.45) is 0 Å². The van der Waals surface area contributed by atoms with Crippen LogP contribution in [0.1, 0.15) is 12.8 Å². The van der Waals surface area contributed by atoms with E-state index < -0.39 is 0 Å². The largest absolute Gasteiger partial charge is 0.542 e. The second-order valence-electron chi connectivity index (χ2n) is 0.971. The average Bonchev–Trinajstić information content (AvgIpc) is 2.36. The maximum Gasteiger partial charge on any atom is 0.106 e.